The first kappa shape index (κ1) is 16.9. The highest BCUT2D eigenvalue weighted by Gasteiger charge is 2.36. The molecule has 1 aromatic heterocycles. The Labute approximate surface area is 155 Å². The lowest BCUT2D eigenvalue weighted by molar-refractivity contribution is -0.116. The van der Waals surface area contributed by atoms with E-state index >= 15 is 0 Å². The third kappa shape index (κ3) is 2.95. The van der Waals surface area contributed by atoms with Crippen molar-refractivity contribution in [3.8, 4) is 0 Å². The van der Waals surface area contributed by atoms with Crippen molar-refractivity contribution >= 4 is 34.3 Å². The number of nitrogens with one attached hydrogen (secondary N) is 1. The van der Waals surface area contributed by atoms with Crippen LogP contribution in [0.1, 0.15) is 32.0 Å². The van der Waals surface area contributed by atoms with E-state index in [1.54, 1.807) is 30.3 Å². The fraction of sp³-hybridized carbons (Fsp3) is 0.143. The van der Waals surface area contributed by atoms with Crippen LogP contribution < -0.4 is 5.32 Å². The van der Waals surface area contributed by atoms with E-state index in [4.69, 9.17) is 0 Å². The van der Waals surface area contributed by atoms with Crippen molar-refractivity contribution in [2.24, 2.45) is 0 Å². The molecule has 2 aromatic carbocycles. The summed E-state index contributed by atoms with van der Waals surface area (Å²) in [5.41, 5.74) is 3.86. The molecule has 2 heterocycles. The Balaban J connectivity index is 1.59. The van der Waals surface area contributed by atoms with Crippen molar-refractivity contribution in [1.82, 2.24) is 9.88 Å². The maximum atomic E-state index is 12.6. The summed E-state index contributed by atoms with van der Waals surface area (Å²) in [5.74, 6) is -1.33. The van der Waals surface area contributed by atoms with Gasteiger partial charge in [0, 0.05) is 11.1 Å². The van der Waals surface area contributed by atoms with Crippen molar-refractivity contribution in [3.05, 3.63) is 70.9 Å². The number of rotatable bonds is 3. The van der Waals surface area contributed by atoms with E-state index in [1.165, 1.54) is 0 Å². The predicted octanol–water partition coefficient (Wildman–Crippen LogP) is 3.09. The van der Waals surface area contributed by atoms with Gasteiger partial charge in [-0.15, -0.1) is 0 Å². The van der Waals surface area contributed by atoms with Crippen LogP contribution in [-0.2, 0) is 4.79 Å². The molecular weight excluding hydrogens is 342 g/mol. The van der Waals surface area contributed by atoms with E-state index in [-0.39, 0.29) is 6.54 Å². The molecule has 27 heavy (non-hydrogen) atoms. The average Bonchev–Trinajstić information content (AvgIpc) is 2.87. The molecule has 0 atom stereocenters. The predicted molar refractivity (Wildman–Crippen MR) is 102 cm³/mol. The topological polar surface area (TPSA) is 79.4 Å². The maximum Gasteiger partial charge on any atom is 0.262 e. The van der Waals surface area contributed by atoms with Gasteiger partial charge in [0.15, 0.2) is 0 Å². The molecule has 0 bridgehead atoms. The second kappa shape index (κ2) is 6.32. The number of anilines is 1. The molecule has 0 spiro atoms. The van der Waals surface area contributed by atoms with Crippen molar-refractivity contribution in [2.75, 3.05) is 11.9 Å². The lowest BCUT2D eigenvalue weighted by Gasteiger charge is -2.15. The molecule has 0 unspecified atom stereocenters. The number of carbonyl (C=O) groups excluding carboxylic acids is 3. The average molecular weight is 359 g/mol. The molecule has 0 saturated heterocycles. The number of fused-ring (bicyclic) bond motifs is 2. The minimum atomic E-state index is -0.447. The van der Waals surface area contributed by atoms with Gasteiger partial charge >= 0.3 is 0 Å². The van der Waals surface area contributed by atoms with E-state index in [0.29, 0.717) is 16.8 Å². The number of aryl methyl sites for hydroxylation is 2. The van der Waals surface area contributed by atoms with E-state index < -0.39 is 17.7 Å². The van der Waals surface area contributed by atoms with Gasteiger partial charge in [-0.3, -0.25) is 24.3 Å². The van der Waals surface area contributed by atoms with Crippen molar-refractivity contribution in [2.45, 2.75) is 13.8 Å². The standard InChI is InChI=1S/C21H17N3O3/c1-12-7-8-17-16(9-12)18(10-13(2)22-17)23-19(25)11-24-20(26)14-5-3-4-6-15(14)21(24)27/h3-10H,11H2,1-2H3,(H,22,23,25). The third-order valence-electron chi connectivity index (χ3n) is 4.55. The van der Waals surface area contributed by atoms with Crippen LogP contribution in [0.15, 0.2) is 48.5 Å². The number of aromatic nitrogens is 1. The second-order valence-corrected chi connectivity index (χ2v) is 6.62. The molecule has 0 radical (unpaired) electrons. The monoisotopic (exact) mass is 359 g/mol. The van der Waals surface area contributed by atoms with Crippen LogP contribution in [0.5, 0.6) is 0 Å². The summed E-state index contributed by atoms with van der Waals surface area (Å²) < 4.78 is 0. The first-order valence-corrected chi connectivity index (χ1v) is 8.57. The highest BCUT2D eigenvalue weighted by molar-refractivity contribution is 6.22. The van der Waals surface area contributed by atoms with Crippen LogP contribution in [0.25, 0.3) is 10.9 Å². The largest absolute Gasteiger partial charge is 0.324 e. The summed E-state index contributed by atoms with van der Waals surface area (Å²) in [4.78, 5) is 42.9. The Morgan fingerprint density at radius 2 is 1.67 bits per heavy atom. The molecule has 1 aliphatic rings. The minimum Gasteiger partial charge on any atom is -0.324 e. The fourth-order valence-electron chi connectivity index (χ4n) is 3.29. The molecule has 0 fully saturated rings. The van der Waals surface area contributed by atoms with E-state index in [2.05, 4.69) is 10.3 Å². The van der Waals surface area contributed by atoms with Gasteiger partial charge in [-0.25, -0.2) is 0 Å². The number of hydrogen-bond acceptors (Lipinski definition) is 4. The van der Waals surface area contributed by atoms with Crippen molar-refractivity contribution < 1.29 is 14.4 Å². The van der Waals surface area contributed by atoms with Crippen molar-refractivity contribution in [1.29, 1.82) is 0 Å². The Morgan fingerprint density at radius 3 is 2.33 bits per heavy atom. The Hall–Kier alpha value is -3.54. The first-order chi connectivity index (χ1) is 12.9. The number of amides is 3. The van der Waals surface area contributed by atoms with E-state index in [0.717, 1.165) is 27.1 Å². The van der Waals surface area contributed by atoms with Crippen LogP contribution in [0.3, 0.4) is 0 Å². The summed E-state index contributed by atoms with van der Waals surface area (Å²) >= 11 is 0. The Kier molecular flexibility index (Phi) is 3.96. The van der Waals surface area contributed by atoms with Gasteiger partial charge in [0.1, 0.15) is 6.54 Å². The lowest BCUT2D eigenvalue weighted by Crippen LogP contribution is -2.37. The molecule has 1 aliphatic heterocycles. The zero-order valence-corrected chi connectivity index (χ0v) is 14.9. The van der Waals surface area contributed by atoms with Crippen LogP contribution in [-0.4, -0.2) is 34.2 Å². The summed E-state index contributed by atoms with van der Waals surface area (Å²) in [6, 6.07) is 14.2. The highest BCUT2D eigenvalue weighted by Crippen LogP contribution is 2.25. The molecule has 6 heteroatoms. The molecule has 134 valence electrons. The normalized spacial score (nSPS) is 13.2. The van der Waals surface area contributed by atoms with Crippen LogP contribution >= 0.6 is 0 Å². The van der Waals surface area contributed by atoms with Gasteiger partial charge < -0.3 is 5.32 Å². The van der Waals surface area contributed by atoms with Crippen LogP contribution in [0.2, 0.25) is 0 Å². The molecule has 6 nitrogen and oxygen atoms in total. The Morgan fingerprint density at radius 1 is 1.00 bits per heavy atom. The number of imide groups is 1. The number of benzene rings is 2. The van der Waals surface area contributed by atoms with Gasteiger partial charge in [-0.1, -0.05) is 23.8 Å². The molecule has 0 aliphatic carbocycles. The third-order valence-corrected chi connectivity index (χ3v) is 4.55. The maximum absolute atomic E-state index is 12.6. The van der Waals surface area contributed by atoms with E-state index in [1.807, 2.05) is 32.0 Å². The van der Waals surface area contributed by atoms with Gasteiger partial charge in [0.05, 0.1) is 22.3 Å². The fourth-order valence-corrected chi connectivity index (χ4v) is 3.29. The molecule has 4 rings (SSSR count). The number of carbonyl (C=O) groups is 3. The Bertz CT molecular complexity index is 1090. The van der Waals surface area contributed by atoms with E-state index in [9.17, 15) is 14.4 Å². The summed E-state index contributed by atoms with van der Waals surface area (Å²) in [6.45, 7) is 3.48. The molecule has 0 saturated carbocycles. The summed E-state index contributed by atoms with van der Waals surface area (Å²) in [5, 5.41) is 3.64. The van der Waals surface area contributed by atoms with Crippen LogP contribution in [0.4, 0.5) is 5.69 Å². The van der Waals surface area contributed by atoms with Gasteiger partial charge in [-0.2, -0.15) is 0 Å². The zero-order valence-electron chi connectivity index (χ0n) is 14.9. The zero-order chi connectivity index (χ0) is 19.1. The quantitative estimate of drug-likeness (QED) is 0.729. The number of pyridine rings is 1. The number of nitrogens with zero attached hydrogens (tertiary/aromatic N) is 2. The molecule has 3 aromatic rings. The minimum absolute atomic E-state index is 0.330. The second-order valence-electron chi connectivity index (χ2n) is 6.62. The SMILES string of the molecule is Cc1ccc2nc(C)cc(NC(=O)CN3C(=O)c4ccccc4C3=O)c2c1. The van der Waals surface area contributed by atoms with Gasteiger partial charge in [0.2, 0.25) is 5.91 Å². The lowest BCUT2D eigenvalue weighted by atomic mass is 10.1. The number of hydrogen-bond donors (Lipinski definition) is 1. The smallest absolute Gasteiger partial charge is 0.262 e. The van der Waals surface area contributed by atoms with Crippen LogP contribution in [0, 0.1) is 13.8 Å². The summed E-state index contributed by atoms with van der Waals surface area (Å²) in [7, 11) is 0. The highest BCUT2D eigenvalue weighted by atomic mass is 16.2. The first-order valence-electron chi connectivity index (χ1n) is 8.57. The summed E-state index contributed by atoms with van der Waals surface area (Å²) in [6.07, 6.45) is 0. The van der Waals surface area contributed by atoms with Crippen molar-refractivity contribution in [3.63, 3.8) is 0 Å². The molecule has 3 amide bonds. The van der Waals surface area contributed by atoms with Gasteiger partial charge in [-0.05, 0) is 44.2 Å². The molecular formula is C21H17N3O3. The van der Waals surface area contributed by atoms with Gasteiger partial charge in [0.25, 0.3) is 11.8 Å². The molecule has 1 N–H and O–H groups in total.